The highest BCUT2D eigenvalue weighted by molar-refractivity contribution is 7.89. The van der Waals surface area contributed by atoms with Gasteiger partial charge in [-0.25, -0.2) is 13.6 Å². The predicted octanol–water partition coefficient (Wildman–Crippen LogP) is 2.30. The van der Waals surface area contributed by atoms with Gasteiger partial charge in [-0.2, -0.15) is 0 Å². The normalized spacial score (nSPS) is 11.3. The monoisotopic (exact) mass is 311 g/mol. The van der Waals surface area contributed by atoms with E-state index >= 15 is 0 Å². The molecule has 1 heterocycles. The first-order chi connectivity index (χ1) is 9.36. The molecule has 0 aliphatic rings. The maximum atomic E-state index is 11.3. The highest BCUT2D eigenvalue weighted by atomic mass is 35.5. The van der Waals surface area contributed by atoms with E-state index in [0.717, 1.165) is 11.3 Å². The Labute approximate surface area is 122 Å². The Hall–Kier alpha value is -1.63. The molecule has 3 N–H and O–H groups in total. The summed E-state index contributed by atoms with van der Waals surface area (Å²) in [6, 6.07) is 8.11. The number of pyridine rings is 1. The third kappa shape index (κ3) is 3.69. The zero-order valence-corrected chi connectivity index (χ0v) is 12.4. The highest BCUT2D eigenvalue weighted by Gasteiger charge is 2.10. The van der Waals surface area contributed by atoms with E-state index in [2.05, 4.69) is 10.3 Å². The number of primary sulfonamides is 1. The molecule has 0 spiro atoms. The summed E-state index contributed by atoms with van der Waals surface area (Å²) in [6.07, 6.45) is 1.76. The van der Waals surface area contributed by atoms with Crippen LogP contribution in [-0.2, 0) is 16.6 Å². The van der Waals surface area contributed by atoms with Gasteiger partial charge in [0.05, 0.1) is 27.8 Å². The topological polar surface area (TPSA) is 85.1 Å². The first kappa shape index (κ1) is 14.8. The number of hydrogen-bond acceptors (Lipinski definition) is 4. The third-order valence-electron chi connectivity index (χ3n) is 2.70. The lowest BCUT2D eigenvalue weighted by Gasteiger charge is -2.09. The summed E-state index contributed by atoms with van der Waals surface area (Å²) in [5.41, 5.74) is 2.40. The lowest BCUT2D eigenvalue weighted by molar-refractivity contribution is 0.598. The Kier molecular flexibility index (Phi) is 4.27. The summed E-state index contributed by atoms with van der Waals surface area (Å²) < 4.78 is 22.6. The Morgan fingerprint density at radius 3 is 2.65 bits per heavy atom. The smallest absolute Gasteiger partial charge is 0.238 e. The molecule has 0 atom stereocenters. The van der Waals surface area contributed by atoms with Crippen molar-refractivity contribution in [1.29, 1.82) is 0 Å². The van der Waals surface area contributed by atoms with Gasteiger partial charge in [-0.3, -0.25) is 4.98 Å². The number of rotatable bonds is 4. The highest BCUT2D eigenvalue weighted by Crippen LogP contribution is 2.25. The summed E-state index contributed by atoms with van der Waals surface area (Å²) in [5, 5.41) is 8.56. The Balaban J connectivity index is 2.19. The number of nitrogens with two attached hydrogens (primary N) is 1. The number of hydrogen-bond donors (Lipinski definition) is 2. The minimum Gasteiger partial charge on any atom is -0.378 e. The number of anilines is 1. The second-order valence-corrected chi connectivity index (χ2v) is 6.34. The van der Waals surface area contributed by atoms with E-state index in [1.165, 1.54) is 18.2 Å². The molecule has 1 aromatic carbocycles. The van der Waals surface area contributed by atoms with Crippen LogP contribution in [0.25, 0.3) is 0 Å². The summed E-state index contributed by atoms with van der Waals surface area (Å²) in [6.45, 7) is 2.39. The molecule has 0 unspecified atom stereocenters. The van der Waals surface area contributed by atoms with Gasteiger partial charge in [-0.05, 0) is 36.8 Å². The first-order valence-electron chi connectivity index (χ1n) is 5.84. The lowest BCUT2D eigenvalue weighted by Crippen LogP contribution is -2.12. The molecular formula is C13H14ClN3O2S. The molecule has 0 amide bonds. The van der Waals surface area contributed by atoms with E-state index in [9.17, 15) is 8.42 Å². The fourth-order valence-electron chi connectivity index (χ4n) is 1.61. The van der Waals surface area contributed by atoms with E-state index in [4.69, 9.17) is 16.7 Å². The molecule has 5 nitrogen and oxygen atoms in total. The van der Waals surface area contributed by atoms with E-state index in [1.54, 1.807) is 6.20 Å². The molecular weight excluding hydrogens is 298 g/mol. The molecule has 20 heavy (non-hydrogen) atoms. The Morgan fingerprint density at radius 1 is 1.30 bits per heavy atom. The molecule has 0 fully saturated rings. The van der Waals surface area contributed by atoms with Crippen LogP contribution in [0.5, 0.6) is 0 Å². The quantitative estimate of drug-likeness (QED) is 0.907. The maximum Gasteiger partial charge on any atom is 0.238 e. The van der Waals surface area contributed by atoms with Crippen molar-refractivity contribution in [2.45, 2.75) is 18.4 Å². The lowest BCUT2D eigenvalue weighted by atomic mass is 10.2. The SMILES string of the molecule is Cc1ccc(CNc2cc(S(N)(=O)=O)ccc2Cl)nc1. The van der Waals surface area contributed by atoms with Crippen LogP contribution < -0.4 is 10.5 Å². The zero-order chi connectivity index (χ0) is 14.8. The minimum absolute atomic E-state index is 0.0151. The van der Waals surface area contributed by atoms with E-state index < -0.39 is 10.0 Å². The summed E-state index contributed by atoms with van der Waals surface area (Å²) in [4.78, 5) is 4.26. The van der Waals surface area contributed by atoms with Gasteiger partial charge in [-0.1, -0.05) is 17.7 Å². The molecule has 0 saturated carbocycles. The van der Waals surface area contributed by atoms with Crippen LogP contribution in [-0.4, -0.2) is 13.4 Å². The van der Waals surface area contributed by atoms with Crippen molar-refractivity contribution in [2.75, 3.05) is 5.32 Å². The van der Waals surface area contributed by atoms with Crippen LogP contribution in [0.1, 0.15) is 11.3 Å². The number of sulfonamides is 1. The second kappa shape index (κ2) is 5.78. The first-order valence-corrected chi connectivity index (χ1v) is 7.76. The van der Waals surface area contributed by atoms with Crippen molar-refractivity contribution in [3.05, 3.63) is 52.8 Å². The number of aryl methyl sites for hydroxylation is 1. The Morgan fingerprint density at radius 2 is 2.05 bits per heavy atom. The largest absolute Gasteiger partial charge is 0.378 e. The number of nitrogens with zero attached hydrogens (tertiary/aromatic N) is 1. The predicted molar refractivity (Wildman–Crippen MR) is 79.1 cm³/mol. The van der Waals surface area contributed by atoms with Crippen LogP contribution in [0, 0.1) is 6.92 Å². The van der Waals surface area contributed by atoms with Crippen molar-refractivity contribution < 1.29 is 8.42 Å². The van der Waals surface area contributed by atoms with Gasteiger partial charge in [-0.15, -0.1) is 0 Å². The van der Waals surface area contributed by atoms with Gasteiger partial charge >= 0.3 is 0 Å². The van der Waals surface area contributed by atoms with Gasteiger partial charge in [0.1, 0.15) is 0 Å². The van der Waals surface area contributed by atoms with Gasteiger partial charge in [0.25, 0.3) is 0 Å². The fraction of sp³-hybridized carbons (Fsp3) is 0.154. The molecule has 2 aromatic rings. The van der Waals surface area contributed by atoms with Crippen LogP contribution in [0.4, 0.5) is 5.69 Å². The average Bonchev–Trinajstić information content (AvgIpc) is 2.38. The van der Waals surface area contributed by atoms with Gasteiger partial charge in [0.15, 0.2) is 0 Å². The molecule has 0 bridgehead atoms. The van der Waals surface area contributed by atoms with E-state index in [-0.39, 0.29) is 4.90 Å². The van der Waals surface area contributed by atoms with Crippen LogP contribution in [0.15, 0.2) is 41.4 Å². The average molecular weight is 312 g/mol. The fourth-order valence-corrected chi connectivity index (χ4v) is 2.33. The van der Waals surface area contributed by atoms with Crippen molar-refractivity contribution in [2.24, 2.45) is 5.14 Å². The molecule has 0 saturated heterocycles. The summed E-state index contributed by atoms with van der Waals surface area (Å²) in [7, 11) is -3.74. The van der Waals surface area contributed by atoms with Crippen LogP contribution in [0.2, 0.25) is 5.02 Å². The third-order valence-corrected chi connectivity index (χ3v) is 3.94. The van der Waals surface area contributed by atoms with Crippen molar-refractivity contribution >= 4 is 27.3 Å². The van der Waals surface area contributed by atoms with Crippen molar-refractivity contribution in [3.63, 3.8) is 0 Å². The number of nitrogens with one attached hydrogen (secondary N) is 1. The van der Waals surface area contributed by atoms with Crippen molar-refractivity contribution in [3.8, 4) is 0 Å². The number of halogens is 1. The van der Waals surface area contributed by atoms with E-state index in [1.807, 2.05) is 19.1 Å². The summed E-state index contributed by atoms with van der Waals surface area (Å²) in [5.74, 6) is 0. The molecule has 7 heteroatoms. The summed E-state index contributed by atoms with van der Waals surface area (Å²) >= 11 is 6.02. The van der Waals surface area contributed by atoms with Gasteiger partial charge < -0.3 is 5.32 Å². The molecule has 1 aromatic heterocycles. The minimum atomic E-state index is -3.74. The van der Waals surface area contributed by atoms with Crippen LogP contribution in [0.3, 0.4) is 0 Å². The zero-order valence-electron chi connectivity index (χ0n) is 10.8. The second-order valence-electron chi connectivity index (χ2n) is 4.37. The molecule has 0 aliphatic heterocycles. The standard InChI is InChI=1S/C13H14ClN3O2S/c1-9-2-3-10(16-7-9)8-17-13-6-11(20(15,18)19)4-5-12(13)14/h2-7,17H,8H2,1H3,(H2,15,18,19). The molecule has 106 valence electrons. The van der Waals surface area contributed by atoms with Crippen LogP contribution >= 0.6 is 11.6 Å². The van der Waals surface area contributed by atoms with Gasteiger partial charge in [0, 0.05) is 6.20 Å². The van der Waals surface area contributed by atoms with E-state index in [0.29, 0.717) is 17.3 Å². The number of aromatic nitrogens is 1. The maximum absolute atomic E-state index is 11.3. The molecule has 0 aliphatic carbocycles. The Bertz CT molecular complexity index is 715. The van der Waals surface area contributed by atoms with Gasteiger partial charge in [0.2, 0.25) is 10.0 Å². The van der Waals surface area contributed by atoms with Crippen molar-refractivity contribution in [1.82, 2.24) is 4.98 Å². The number of benzene rings is 1. The molecule has 0 radical (unpaired) electrons. The molecule has 2 rings (SSSR count).